The molecule has 10 heteroatoms. The van der Waals surface area contributed by atoms with Crippen LogP contribution in [0.2, 0.25) is 5.02 Å². The van der Waals surface area contributed by atoms with Gasteiger partial charge in [-0.2, -0.15) is 0 Å². The molecule has 0 aliphatic heterocycles. The molecule has 9 nitrogen and oxygen atoms in total. The van der Waals surface area contributed by atoms with Crippen molar-refractivity contribution in [2.45, 2.75) is 51.4 Å². The third kappa shape index (κ3) is 8.54. The minimum absolute atomic E-state index is 0.123. The smallest absolute Gasteiger partial charge is 0.328 e. The largest absolute Gasteiger partial charge is 0.491 e. The number of halogens is 1. The van der Waals surface area contributed by atoms with Gasteiger partial charge in [0.15, 0.2) is 6.04 Å². The van der Waals surface area contributed by atoms with E-state index in [1.165, 1.54) is 25.1 Å². The lowest BCUT2D eigenvalue weighted by molar-refractivity contribution is -0.145. The van der Waals surface area contributed by atoms with Crippen LogP contribution in [0.4, 0.5) is 0 Å². The van der Waals surface area contributed by atoms with Gasteiger partial charge in [-0.25, -0.2) is 4.79 Å². The van der Waals surface area contributed by atoms with E-state index in [0.29, 0.717) is 11.4 Å². The van der Waals surface area contributed by atoms with Gasteiger partial charge >= 0.3 is 5.97 Å². The molecule has 0 saturated heterocycles. The summed E-state index contributed by atoms with van der Waals surface area (Å²) >= 11 is 6.10. The van der Waals surface area contributed by atoms with Crippen LogP contribution in [0.3, 0.4) is 0 Å². The van der Waals surface area contributed by atoms with Crippen molar-refractivity contribution >= 4 is 29.4 Å². The summed E-state index contributed by atoms with van der Waals surface area (Å²) in [7, 11) is 0. The number of carboxylic acids is 1. The number of hydrogen-bond donors (Lipinski definition) is 5. The number of carboxylic acid groups (broad SMARTS) is 1. The molecule has 0 heterocycles. The average Bonchev–Trinajstić information content (AvgIpc) is 2.79. The first-order chi connectivity index (χ1) is 16.5. The minimum atomic E-state index is -1.51. The van der Waals surface area contributed by atoms with Gasteiger partial charge < -0.3 is 31.3 Å². The van der Waals surface area contributed by atoms with Crippen LogP contribution in [0, 0.1) is 5.92 Å². The Morgan fingerprint density at radius 1 is 1.03 bits per heavy atom. The molecule has 0 aliphatic rings. The quantitative estimate of drug-likeness (QED) is 0.296. The van der Waals surface area contributed by atoms with E-state index in [1.54, 1.807) is 13.8 Å². The Morgan fingerprint density at radius 2 is 1.69 bits per heavy atom. The molecular weight excluding hydrogens is 474 g/mol. The topological polar surface area (TPSA) is 151 Å². The number of rotatable bonds is 12. The van der Waals surface area contributed by atoms with Crippen LogP contribution in [0.15, 0.2) is 48.5 Å². The number of nitrogens with two attached hydrogens (primary N) is 1. The van der Waals surface area contributed by atoms with Crippen LogP contribution < -0.4 is 21.1 Å². The number of carbonyl (C=O) groups excluding carboxylic acids is 2. The average molecular weight is 506 g/mol. The summed E-state index contributed by atoms with van der Waals surface area (Å²) in [5.74, 6) is -2.90. The van der Waals surface area contributed by atoms with E-state index in [4.69, 9.17) is 22.1 Å². The Bertz CT molecular complexity index is 1020. The minimum Gasteiger partial charge on any atom is -0.491 e. The van der Waals surface area contributed by atoms with Gasteiger partial charge in [-0.3, -0.25) is 9.59 Å². The molecule has 190 valence electrons. The molecule has 0 radical (unpaired) electrons. The first kappa shape index (κ1) is 28.1. The summed E-state index contributed by atoms with van der Waals surface area (Å²) in [6, 6.07) is 11.2. The van der Waals surface area contributed by atoms with Gasteiger partial charge in [0.2, 0.25) is 5.91 Å². The number of amides is 2. The second-order valence-corrected chi connectivity index (χ2v) is 9.10. The summed E-state index contributed by atoms with van der Waals surface area (Å²) in [4.78, 5) is 37.1. The molecule has 0 aromatic heterocycles. The van der Waals surface area contributed by atoms with Crippen LogP contribution in [0.1, 0.15) is 36.7 Å². The van der Waals surface area contributed by atoms with E-state index in [0.717, 1.165) is 5.56 Å². The van der Waals surface area contributed by atoms with E-state index in [1.807, 2.05) is 30.3 Å². The lowest BCUT2D eigenvalue weighted by Gasteiger charge is -2.25. The van der Waals surface area contributed by atoms with Crippen molar-refractivity contribution in [3.63, 3.8) is 0 Å². The van der Waals surface area contributed by atoms with Crippen molar-refractivity contribution in [3.05, 3.63) is 64.7 Å². The predicted molar refractivity (Wildman–Crippen MR) is 132 cm³/mol. The third-order valence-corrected chi connectivity index (χ3v) is 5.50. The zero-order chi connectivity index (χ0) is 26.1. The first-order valence-corrected chi connectivity index (χ1v) is 11.6. The van der Waals surface area contributed by atoms with Gasteiger partial charge in [0.05, 0.1) is 11.7 Å². The molecule has 2 amide bonds. The lowest BCUT2D eigenvalue weighted by Crippen LogP contribution is -2.56. The van der Waals surface area contributed by atoms with Crippen molar-refractivity contribution in [1.82, 2.24) is 10.6 Å². The SMILES string of the molecule is CC(C)[C@H](NC(=O)c1ccc(Cl)cc1OC[C@H](N)Cc1ccccc1)C(=O)N[C@H](C(=O)O)[C@@H](C)O. The van der Waals surface area contributed by atoms with Crippen molar-refractivity contribution in [1.29, 1.82) is 0 Å². The molecule has 0 fully saturated rings. The maximum atomic E-state index is 13.1. The van der Waals surface area contributed by atoms with Gasteiger partial charge in [-0.05, 0) is 43.0 Å². The van der Waals surface area contributed by atoms with Crippen LogP contribution in [0.25, 0.3) is 0 Å². The molecule has 0 saturated carbocycles. The molecule has 4 atom stereocenters. The maximum Gasteiger partial charge on any atom is 0.328 e. The van der Waals surface area contributed by atoms with Crippen LogP contribution in [-0.4, -0.2) is 58.8 Å². The van der Waals surface area contributed by atoms with Crippen molar-refractivity contribution in [3.8, 4) is 5.75 Å². The molecule has 2 rings (SSSR count). The zero-order valence-electron chi connectivity index (χ0n) is 19.9. The highest BCUT2D eigenvalue weighted by molar-refractivity contribution is 6.30. The van der Waals surface area contributed by atoms with E-state index < -0.39 is 36.0 Å². The summed E-state index contributed by atoms with van der Waals surface area (Å²) in [6.45, 7) is 4.77. The van der Waals surface area contributed by atoms with E-state index >= 15 is 0 Å². The van der Waals surface area contributed by atoms with Crippen molar-refractivity contribution < 1.29 is 29.3 Å². The Kier molecular flexibility index (Phi) is 10.5. The van der Waals surface area contributed by atoms with Gasteiger partial charge in [0.25, 0.3) is 5.91 Å². The predicted octanol–water partition coefficient (Wildman–Crippen LogP) is 1.99. The zero-order valence-corrected chi connectivity index (χ0v) is 20.7. The number of aliphatic hydroxyl groups excluding tert-OH is 1. The molecular formula is C25H32ClN3O6. The molecule has 0 bridgehead atoms. The Labute approximate surface area is 209 Å². The van der Waals surface area contributed by atoms with Gasteiger partial charge in [0.1, 0.15) is 18.4 Å². The molecule has 0 unspecified atom stereocenters. The highest BCUT2D eigenvalue weighted by Gasteiger charge is 2.31. The molecule has 35 heavy (non-hydrogen) atoms. The Morgan fingerprint density at radius 3 is 2.26 bits per heavy atom. The van der Waals surface area contributed by atoms with Crippen molar-refractivity contribution in [2.24, 2.45) is 11.7 Å². The highest BCUT2D eigenvalue weighted by Crippen LogP contribution is 2.24. The van der Waals surface area contributed by atoms with Crippen LogP contribution in [-0.2, 0) is 16.0 Å². The fraction of sp³-hybridized carbons (Fsp3) is 0.400. The van der Waals surface area contributed by atoms with Crippen molar-refractivity contribution in [2.75, 3.05) is 6.61 Å². The fourth-order valence-corrected chi connectivity index (χ4v) is 3.52. The number of aliphatic carboxylic acids is 1. The number of hydrogen-bond acceptors (Lipinski definition) is 6. The molecule has 0 aliphatic carbocycles. The van der Waals surface area contributed by atoms with Gasteiger partial charge in [0, 0.05) is 11.1 Å². The molecule has 2 aromatic rings. The third-order valence-electron chi connectivity index (χ3n) is 5.26. The lowest BCUT2D eigenvalue weighted by atomic mass is 10.0. The summed E-state index contributed by atoms with van der Waals surface area (Å²) in [6.07, 6.45) is -0.747. The van der Waals surface area contributed by atoms with Crippen LogP contribution in [0.5, 0.6) is 5.75 Å². The fourth-order valence-electron chi connectivity index (χ4n) is 3.36. The van der Waals surface area contributed by atoms with E-state index in [9.17, 15) is 24.6 Å². The first-order valence-electron chi connectivity index (χ1n) is 11.2. The van der Waals surface area contributed by atoms with E-state index in [2.05, 4.69) is 10.6 Å². The van der Waals surface area contributed by atoms with E-state index in [-0.39, 0.29) is 29.9 Å². The number of nitrogens with one attached hydrogen (secondary N) is 2. The summed E-state index contributed by atoms with van der Waals surface area (Å²) in [5.41, 5.74) is 7.39. The maximum absolute atomic E-state index is 13.1. The number of aliphatic hydroxyl groups is 1. The number of carbonyl (C=O) groups is 3. The monoisotopic (exact) mass is 505 g/mol. The Balaban J connectivity index is 2.13. The second-order valence-electron chi connectivity index (χ2n) is 8.66. The Hall–Kier alpha value is -3.14. The van der Waals surface area contributed by atoms with Gasteiger partial charge in [-0.15, -0.1) is 0 Å². The summed E-state index contributed by atoms with van der Waals surface area (Å²) in [5, 5.41) is 24.1. The van der Waals surface area contributed by atoms with Crippen LogP contribution >= 0.6 is 11.6 Å². The second kappa shape index (κ2) is 13.1. The highest BCUT2D eigenvalue weighted by atomic mass is 35.5. The molecule has 0 spiro atoms. The molecule has 6 N–H and O–H groups in total. The van der Waals surface area contributed by atoms with Gasteiger partial charge in [-0.1, -0.05) is 55.8 Å². The standard InChI is InChI=1S/C25H32ClN3O6/c1-14(2)21(24(32)29-22(15(3)30)25(33)34)28-23(31)19-10-9-17(26)12-20(19)35-13-18(27)11-16-7-5-4-6-8-16/h4-10,12,14-15,18,21-22,30H,11,13,27H2,1-3H3,(H,28,31)(H,29,32)(H,33,34)/t15-,18-,21+,22+/m1/s1. The number of benzene rings is 2. The summed E-state index contributed by atoms with van der Waals surface area (Å²) < 4.78 is 5.82. The normalized spacial score (nSPS) is 14.5. The number of ether oxygens (including phenoxy) is 1. The molecule has 2 aromatic carbocycles.